The maximum Gasteiger partial charge on any atom is 0.125 e. The van der Waals surface area contributed by atoms with Crippen molar-refractivity contribution < 1.29 is 14.9 Å². The molecule has 0 bridgehead atoms. The first-order chi connectivity index (χ1) is 26.2. The van der Waals surface area contributed by atoms with Gasteiger partial charge in [0.1, 0.15) is 5.75 Å². The van der Waals surface area contributed by atoms with Crippen LogP contribution in [0.4, 0.5) is 5.69 Å². The third kappa shape index (κ3) is 3.95. The van der Waals surface area contributed by atoms with Crippen molar-refractivity contribution in [3.05, 3.63) is 70.9 Å². The number of aliphatic hydroxyl groups excluding tert-OH is 1. The van der Waals surface area contributed by atoms with Crippen LogP contribution in [0, 0.1) is 34.0 Å². The van der Waals surface area contributed by atoms with E-state index in [1.165, 1.54) is 58.2 Å². The van der Waals surface area contributed by atoms with Crippen molar-refractivity contribution in [2.75, 3.05) is 32.1 Å². The van der Waals surface area contributed by atoms with Crippen LogP contribution >= 0.6 is 0 Å². The largest absolute Gasteiger partial charge is 0.496 e. The number of rotatable bonds is 7. The Morgan fingerprint density at radius 2 is 1.76 bits per heavy atom. The number of ether oxygens (including phenoxy) is 1. The second-order valence-corrected chi connectivity index (χ2v) is 20.6. The first kappa shape index (κ1) is 36.5. The number of nitrogens with zero attached hydrogens (tertiary/aromatic N) is 2. The third-order valence-electron chi connectivity index (χ3n) is 19.1. The number of para-hydroxylation sites is 1. The lowest BCUT2D eigenvalue weighted by Crippen LogP contribution is -2.69. The molecule has 6 heteroatoms. The molecule has 4 heterocycles. The zero-order chi connectivity index (χ0) is 38.7. The van der Waals surface area contributed by atoms with Crippen LogP contribution in [0.3, 0.4) is 0 Å². The molecule has 10 unspecified atom stereocenters. The van der Waals surface area contributed by atoms with E-state index in [4.69, 9.17) is 4.74 Å². The van der Waals surface area contributed by atoms with Crippen molar-refractivity contribution in [1.82, 2.24) is 9.88 Å². The second-order valence-electron chi connectivity index (χ2n) is 20.6. The van der Waals surface area contributed by atoms with E-state index in [1.807, 2.05) is 7.11 Å². The lowest BCUT2D eigenvalue weighted by molar-refractivity contribution is -0.0753. The molecule has 1 aromatic heterocycles. The number of fused-ring (bicyclic) bond motifs is 5. The smallest absolute Gasteiger partial charge is 0.125 e. The first-order valence-corrected chi connectivity index (χ1v) is 22.1. The van der Waals surface area contributed by atoms with Gasteiger partial charge in [0.05, 0.1) is 24.4 Å². The van der Waals surface area contributed by atoms with Crippen molar-refractivity contribution >= 4 is 16.6 Å². The van der Waals surface area contributed by atoms with Crippen LogP contribution in [-0.4, -0.2) is 70.6 Å². The Hall–Kier alpha value is -2.80. The molecule has 0 amide bonds. The molecule has 10 atom stereocenters. The monoisotopic (exact) mass is 746 g/mol. The number of benzene rings is 2. The van der Waals surface area contributed by atoms with Gasteiger partial charge in [-0.1, -0.05) is 78.3 Å². The van der Waals surface area contributed by atoms with E-state index in [0.29, 0.717) is 11.8 Å². The van der Waals surface area contributed by atoms with E-state index >= 15 is 0 Å². The summed E-state index contributed by atoms with van der Waals surface area (Å²) < 4.78 is 6.68. The number of methoxy groups -OCH3 is 1. The normalized spacial score (nSPS) is 40.9. The number of H-pyrrole nitrogens is 1. The molecular weight excluding hydrogens is 679 g/mol. The van der Waals surface area contributed by atoms with E-state index in [-0.39, 0.29) is 44.6 Å². The molecule has 296 valence electrons. The Bertz CT molecular complexity index is 2100. The summed E-state index contributed by atoms with van der Waals surface area (Å²) in [6.07, 6.45) is 14.7. The molecule has 2 aromatic carbocycles. The quantitative estimate of drug-likeness (QED) is 0.211. The van der Waals surface area contributed by atoms with Gasteiger partial charge in [-0.25, -0.2) is 0 Å². The molecule has 2 spiro atoms. The number of aromatic nitrogens is 1. The number of anilines is 1. The van der Waals surface area contributed by atoms with Crippen LogP contribution in [0.25, 0.3) is 10.9 Å². The van der Waals surface area contributed by atoms with E-state index in [2.05, 4.69) is 119 Å². The standard InChI is InChI=1S/C49H67N3O3/c1-10-46(54,11-2)29-30-18-19-31-20-21-33-32-16-13-14-17-36(32)50-40(33)45(7,44(31,6)28-30)35-26-34-37(27-38(35)55-9)51(8)49-39(43(49,4)5)41(53)47(12-3)22-15-24-52-25-23-48(34,49)42(47)52/h13-17,22,26-27,30-31,39,41-42,50,53-54H,10-12,18-21,23-25,28-29H2,1-9H3. The number of aliphatic hydroxyl groups is 2. The zero-order valence-electron chi connectivity index (χ0n) is 35.2. The summed E-state index contributed by atoms with van der Waals surface area (Å²) in [4.78, 5) is 9.53. The molecule has 0 radical (unpaired) electrons. The zero-order valence-corrected chi connectivity index (χ0v) is 35.2. The summed E-state index contributed by atoms with van der Waals surface area (Å²) in [6.45, 7) is 18.8. The van der Waals surface area contributed by atoms with Gasteiger partial charge in [0.2, 0.25) is 0 Å². The molecule has 1 saturated heterocycles. The van der Waals surface area contributed by atoms with Gasteiger partial charge in [0, 0.05) is 75.7 Å². The van der Waals surface area contributed by atoms with Crippen molar-refractivity contribution in [2.24, 2.45) is 34.0 Å². The first-order valence-electron chi connectivity index (χ1n) is 22.1. The highest BCUT2D eigenvalue weighted by atomic mass is 16.5. The van der Waals surface area contributed by atoms with Crippen LogP contribution in [0.2, 0.25) is 0 Å². The van der Waals surface area contributed by atoms with E-state index < -0.39 is 11.7 Å². The molecular formula is C49H67N3O3. The Kier molecular flexibility index (Phi) is 7.60. The minimum atomic E-state index is -0.613. The van der Waals surface area contributed by atoms with Gasteiger partial charge in [-0.2, -0.15) is 0 Å². The Labute approximate surface area is 330 Å². The number of likely N-dealkylation sites (N-methyl/N-ethyl adjacent to an activating group) is 1. The summed E-state index contributed by atoms with van der Waals surface area (Å²) in [5.41, 5.74) is 6.50. The van der Waals surface area contributed by atoms with Gasteiger partial charge in [0.15, 0.2) is 0 Å². The molecule has 3 aromatic rings. The van der Waals surface area contributed by atoms with Crippen LogP contribution in [0.1, 0.15) is 129 Å². The second kappa shape index (κ2) is 11.4. The van der Waals surface area contributed by atoms with E-state index in [0.717, 1.165) is 63.8 Å². The fourth-order valence-electron chi connectivity index (χ4n) is 16.4. The van der Waals surface area contributed by atoms with Crippen LogP contribution in [0.15, 0.2) is 48.6 Å². The highest BCUT2D eigenvalue weighted by Gasteiger charge is 2.92. The Morgan fingerprint density at radius 3 is 2.49 bits per heavy atom. The number of hydrogen-bond donors (Lipinski definition) is 3. The van der Waals surface area contributed by atoms with Crippen molar-refractivity contribution in [3.63, 3.8) is 0 Å². The van der Waals surface area contributed by atoms with Crippen molar-refractivity contribution in [3.8, 4) is 5.75 Å². The minimum Gasteiger partial charge on any atom is -0.496 e. The molecule has 4 aliphatic carbocycles. The minimum absolute atomic E-state index is 0.0590. The molecule has 3 aliphatic heterocycles. The van der Waals surface area contributed by atoms with Gasteiger partial charge < -0.3 is 24.8 Å². The number of aryl methyl sites for hydroxylation is 1. The highest BCUT2D eigenvalue weighted by molar-refractivity contribution is 5.86. The van der Waals surface area contributed by atoms with E-state index in [1.54, 1.807) is 0 Å². The Balaban J connectivity index is 1.24. The maximum atomic E-state index is 12.7. The average molecular weight is 746 g/mol. The molecule has 3 N–H and O–H groups in total. The van der Waals surface area contributed by atoms with Crippen LogP contribution in [-0.2, 0) is 17.3 Å². The topological polar surface area (TPSA) is 72.0 Å². The Morgan fingerprint density at radius 1 is 1.00 bits per heavy atom. The number of nitrogens with one attached hydrogen (secondary N) is 1. The lowest BCUT2D eigenvalue weighted by atomic mass is 9.48. The average Bonchev–Trinajstić information content (AvgIpc) is 3.48. The summed E-state index contributed by atoms with van der Waals surface area (Å²) in [7, 11) is 4.23. The van der Waals surface area contributed by atoms with Gasteiger partial charge in [-0.3, -0.25) is 4.90 Å². The number of aromatic amines is 1. The molecule has 55 heavy (non-hydrogen) atoms. The molecule has 3 saturated carbocycles. The molecule has 7 aliphatic rings. The van der Waals surface area contributed by atoms with Crippen molar-refractivity contribution in [2.45, 2.75) is 147 Å². The maximum absolute atomic E-state index is 12.7. The fraction of sp³-hybridized carbons (Fsp3) is 0.673. The summed E-state index contributed by atoms with van der Waals surface area (Å²) >= 11 is 0. The SMILES string of the molecule is CCC(O)(CC)CC1CCC2CCc3c([nH]c4ccccc34)C(C)(c3cc4c(cc3OC)N(C)C35C(C(O)C6(CC)C=CCN7CCC43C76)C5(C)C)C2(C)C1. The van der Waals surface area contributed by atoms with Crippen LogP contribution in [0.5, 0.6) is 5.75 Å². The highest BCUT2D eigenvalue weighted by Crippen LogP contribution is 2.85. The molecule has 10 rings (SSSR count). The third-order valence-corrected chi connectivity index (χ3v) is 19.1. The van der Waals surface area contributed by atoms with Crippen LogP contribution < -0.4 is 9.64 Å². The fourth-order valence-corrected chi connectivity index (χ4v) is 16.4. The summed E-state index contributed by atoms with van der Waals surface area (Å²) in [6, 6.07) is 14.3. The lowest BCUT2D eigenvalue weighted by Gasteiger charge is -2.58. The number of hydrogen-bond acceptors (Lipinski definition) is 5. The molecule has 6 nitrogen and oxygen atoms in total. The van der Waals surface area contributed by atoms with Gasteiger partial charge in [-0.05, 0) is 117 Å². The predicted molar refractivity (Wildman–Crippen MR) is 223 cm³/mol. The molecule has 4 fully saturated rings. The summed E-state index contributed by atoms with van der Waals surface area (Å²) in [5.74, 6) is 2.17. The van der Waals surface area contributed by atoms with Crippen molar-refractivity contribution in [1.29, 1.82) is 0 Å². The summed E-state index contributed by atoms with van der Waals surface area (Å²) in [5, 5.41) is 25.8. The van der Waals surface area contributed by atoms with Gasteiger partial charge in [-0.15, -0.1) is 0 Å². The van der Waals surface area contributed by atoms with Gasteiger partial charge >= 0.3 is 0 Å². The predicted octanol–water partition coefficient (Wildman–Crippen LogP) is 9.29. The van der Waals surface area contributed by atoms with Gasteiger partial charge in [0.25, 0.3) is 0 Å². The van der Waals surface area contributed by atoms with E-state index in [9.17, 15) is 10.2 Å².